The molecule has 108 valence electrons. The average molecular weight is 289 g/mol. The number of phenolic OH excluding ortho intramolecular Hbond substituents is 1. The first kappa shape index (κ1) is 16.2. The van der Waals surface area contributed by atoms with Crippen LogP contribution in [-0.4, -0.2) is 42.9 Å². The lowest BCUT2D eigenvalue weighted by Crippen LogP contribution is -2.45. The van der Waals surface area contributed by atoms with Gasteiger partial charge in [0.1, 0.15) is 5.75 Å². The molecule has 0 saturated carbocycles. The van der Waals surface area contributed by atoms with Gasteiger partial charge in [-0.25, -0.2) is 0 Å². The van der Waals surface area contributed by atoms with Crippen LogP contribution in [0.25, 0.3) is 0 Å². The molecule has 0 unspecified atom stereocenters. The number of aryl methyl sites for hydroxylation is 1. The predicted octanol–water partition coefficient (Wildman–Crippen LogP) is 2.43. The van der Waals surface area contributed by atoms with Crippen molar-refractivity contribution < 1.29 is 9.50 Å². The van der Waals surface area contributed by atoms with Crippen molar-refractivity contribution in [2.24, 2.45) is 0 Å². The highest BCUT2D eigenvalue weighted by Gasteiger charge is 2.24. The first-order valence-corrected chi connectivity index (χ1v) is 6.52. The molecule has 1 aromatic carbocycles. The van der Waals surface area contributed by atoms with E-state index in [4.69, 9.17) is 0 Å². The van der Waals surface area contributed by atoms with Gasteiger partial charge in [0, 0.05) is 37.8 Å². The Balaban J connectivity index is 0.00000180. The first-order chi connectivity index (χ1) is 8.72. The lowest BCUT2D eigenvalue weighted by atomic mass is 9.99. The third-order valence-corrected chi connectivity index (χ3v) is 3.52. The van der Waals surface area contributed by atoms with E-state index in [-0.39, 0.29) is 30.9 Å². The van der Waals surface area contributed by atoms with Gasteiger partial charge in [0.05, 0.1) is 6.67 Å². The standard InChI is InChI=1S/C14H21FN2O.ClH/c1-11-2-3-12(14(18)10-11)13(4-5-15)17-8-6-16-7-9-17;/h2-3,10,13,16,18H,4-9H2,1H3;1H/t13-;/m0./s1. The van der Waals surface area contributed by atoms with Crippen LogP contribution in [0.3, 0.4) is 0 Å². The van der Waals surface area contributed by atoms with Crippen molar-refractivity contribution in [3.8, 4) is 5.75 Å². The van der Waals surface area contributed by atoms with Crippen molar-refractivity contribution in [1.82, 2.24) is 10.2 Å². The van der Waals surface area contributed by atoms with Crippen LogP contribution in [0.4, 0.5) is 4.39 Å². The lowest BCUT2D eigenvalue weighted by Gasteiger charge is -2.35. The fourth-order valence-electron chi connectivity index (χ4n) is 2.57. The first-order valence-electron chi connectivity index (χ1n) is 6.52. The number of hydrogen-bond donors (Lipinski definition) is 2. The molecule has 0 radical (unpaired) electrons. The fraction of sp³-hybridized carbons (Fsp3) is 0.571. The van der Waals surface area contributed by atoms with Crippen molar-refractivity contribution in [2.75, 3.05) is 32.9 Å². The van der Waals surface area contributed by atoms with Crippen molar-refractivity contribution >= 4 is 12.4 Å². The van der Waals surface area contributed by atoms with Crippen molar-refractivity contribution in [3.05, 3.63) is 29.3 Å². The fourth-order valence-corrected chi connectivity index (χ4v) is 2.57. The summed E-state index contributed by atoms with van der Waals surface area (Å²) in [6.07, 6.45) is 0.441. The molecular formula is C14H22ClFN2O. The van der Waals surface area contributed by atoms with Crippen molar-refractivity contribution in [3.63, 3.8) is 0 Å². The number of nitrogens with zero attached hydrogens (tertiary/aromatic N) is 1. The number of rotatable bonds is 4. The number of benzene rings is 1. The molecule has 0 bridgehead atoms. The quantitative estimate of drug-likeness (QED) is 0.893. The number of piperazine rings is 1. The molecule has 1 fully saturated rings. The molecule has 1 aliphatic rings. The van der Waals surface area contributed by atoms with E-state index in [2.05, 4.69) is 10.2 Å². The zero-order valence-electron chi connectivity index (χ0n) is 11.2. The molecule has 19 heavy (non-hydrogen) atoms. The van der Waals surface area contributed by atoms with Gasteiger partial charge < -0.3 is 10.4 Å². The number of phenols is 1. The van der Waals surface area contributed by atoms with Gasteiger partial charge in [-0.05, 0) is 25.0 Å². The largest absolute Gasteiger partial charge is 0.508 e. The van der Waals surface area contributed by atoms with Crippen LogP contribution < -0.4 is 5.32 Å². The Hall–Kier alpha value is -0.840. The monoisotopic (exact) mass is 288 g/mol. The summed E-state index contributed by atoms with van der Waals surface area (Å²) in [6, 6.07) is 5.64. The van der Waals surface area contributed by atoms with E-state index in [9.17, 15) is 9.50 Å². The van der Waals surface area contributed by atoms with Crippen molar-refractivity contribution in [2.45, 2.75) is 19.4 Å². The van der Waals surface area contributed by atoms with Crippen LogP contribution in [0.5, 0.6) is 5.75 Å². The van der Waals surface area contributed by atoms with Crippen LogP contribution >= 0.6 is 12.4 Å². The Morgan fingerprint density at radius 3 is 2.63 bits per heavy atom. The number of aromatic hydroxyl groups is 1. The Morgan fingerprint density at radius 1 is 1.37 bits per heavy atom. The van der Waals surface area contributed by atoms with Crippen LogP contribution in [0, 0.1) is 6.92 Å². The second kappa shape index (κ2) is 7.68. The van der Waals surface area contributed by atoms with Gasteiger partial charge in [0.15, 0.2) is 0 Å². The molecule has 2 rings (SSSR count). The van der Waals surface area contributed by atoms with E-state index >= 15 is 0 Å². The number of nitrogens with one attached hydrogen (secondary N) is 1. The van der Waals surface area contributed by atoms with Crippen molar-refractivity contribution in [1.29, 1.82) is 0 Å². The molecule has 1 heterocycles. The summed E-state index contributed by atoms with van der Waals surface area (Å²) in [5.74, 6) is 0.284. The van der Waals surface area contributed by atoms with Gasteiger partial charge in [-0.2, -0.15) is 0 Å². The third kappa shape index (κ3) is 4.06. The van der Waals surface area contributed by atoms with E-state index < -0.39 is 0 Å². The summed E-state index contributed by atoms with van der Waals surface area (Å²) < 4.78 is 12.8. The van der Waals surface area contributed by atoms with Gasteiger partial charge in [0.2, 0.25) is 0 Å². The summed E-state index contributed by atoms with van der Waals surface area (Å²) in [7, 11) is 0. The maximum Gasteiger partial charge on any atom is 0.120 e. The molecule has 2 N–H and O–H groups in total. The molecule has 0 amide bonds. The zero-order valence-corrected chi connectivity index (χ0v) is 12.0. The highest BCUT2D eigenvalue weighted by atomic mass is 35.5. The van der Waals surface area contributed by atoms with Crippen LogP contribution in [0.15, 0.2) is 18.2 Å². The molecule has 0 aliphatic carbocycles. The zero-order chi connectivity index (χ0) is 13.0. The second-order valence-electron chi connectivity index (χ2n) is 4.84. The smallest absolute Gasteiger partial charge is 0.120 e. The molecule has 1 aliphatic heterocycles. The highest BCUT2D eigenvalue weighted by Crippen LogP contribution is 2.32. The minimum atomic E-state index is -0.359. The third-order valence-electron chi connectivity index (χ3n) is 3.52. The molecular weight excluding hydrogens is 267 g/mol. The van der Waals surface area contributed by atoms with Gasteiger partial charge >= 0.3 is 0 Å². The maximum atomic E-state index is 12.8. The van der Waals surface area contributed by atoms with E-state index in [0.717, 1.165) is 37.3 Å². The minimum absolute atomic E-state index is 0. The summed E-state index contributed by atoms with van der Waals surface area (Å²) in [6.45, 7) is 5.24. The topological polar surface area (TPSA) is 35.5 Å². The van der Waals surface area contributed by atoms with E-state index in [1.54, 1.807) is 6.07 Å². The van der Waals surface area contributed by atoms with Gasteiger partial charge in [0.25, 0.3) is 0 Å². The summed E-state index contributed by atoms with van der Waals surface area (Å²) in [4.78, 5) is 2.25. The Labute approximate surface area is 120 Å². The molecule has 1 atom stereocenters. The van der Waals surface area contributed by atoms with E-state index in [1.165, 1.54) is 0 Å². The van der Waals surface area contributed by atoms with Gasteiger partial charge in [-0.1, -0.05) is 12.1 Å². The Bertz CT molecular complexity index is 397. The van der Waals surface area contributed by atoms with E-state index in [1.807, 2.05) is 19.1 Å². The molecule has 1 aromatic rings. The minimum Gasteiger partial charge on any atom is -0.508 e. The molecule has 5 heteroatoms. The molecule has 3 nitrogen and oxygen atoms in total. The van der Waals surface area contributed by atoms with Gasteiger partial charge in [-0.3, -0.25) is 9.29 Å². The molecule has 0 aromatic heterocycles. The molecule has 0 spiro atoms. The van der Waals surface area contributed by atoms with E-state index in [0.29, 0.717) is 6.42 Å². The summed E-state index contributed by atoms with van der Waals surface area (Å²) in [5.41, 5.74) is 1.87. The summed E-state index contributed by atoms with van der Waals surface area (Å²) >= 11 is 0. The van der Waals surface area contributed by atoms with Crippen LogP contribution in [0.2, 0.25) is 0 Å². The predicted molar refractivity (Wildman–Crippen MR) is 77.9 cm³/mol. The lowest BCUT2D eigenvalue weighted by molar-refractivity contribution is 0.155. The normalized spacial score (nSPS) is 17.8. The Morgan fingerprint density at radius 2 is 2.05 bits per heavy atom. The maximum absolute atomic E-state index is 12.8. The SMILES string of the molecule is Cc1ccc([C@H](CCF)N2CCNCC2)c(O)c1.Cl. The van der Waals surface area contributed by atoms with Gasteiger partial charge in [-0.15, -0.1) is 12.4 Å². The second-order valence-corrected chi connectivity index (χ2v) is 4.84. The summed E-state index contributed by atoms with van der Waals surface area (Å²) in [5, 5.41) is 13.3. The average Bonchev–Trinajstić information content (AvgIpc) is 2.38. The number of alkyl halides is 1. The number of hydrogen-bond acceptors (Lipinski definition) is 3. The van der Waals surface area contributed by atoms with Crippen LogP contribution in [0.1, 0.15) is 23.6 Å². The number of halogens is 2. The van der Waals surface area contributed by atoms with Crippen LogP contribution in [-0.2, 0) is 0 Å². The Kier molecular flexibility index (Phi) is 6.55. The molecule has 1 saturated heterocycles. The highest BCUT2D eigenvalue weighted by molar-refractivity contribution is 5.85.